The molecule has 2 aromatic heterocycles. The van der Waals surface area contributed by atoms with Crippen LogP contribution in [0.5, 0.6) is 0 Å². The van der Waals surface area contributed by atoms with Crippen LogP contribution < -0.4 is 4.90 Å². The van der Waals surface area contributed by atoms with Crippen molar-refractivity contribution >= 4 is 23.5 Å². The molecule has 4 aromatic rings. The Balaban J connectivity index is 1.53. The Labute approximate surface area is 229 Å². The highest BCUT2D eigenvalue weighted by Crippen LogP contribution is 2.35. The van der Waals surface area contributed by atoms with Crippen LogP contribution in [-0.2, 0) is 22.6 Å². The summed E-state index contributed by atoms with van der Waals surface area (Å²) in [6.07, 6.45) is 3.29. The molecule has 2 aromatic carbocycles. The molecular weight excluding hydrogens is 494 g/mol. The van der Waals surface area contributed by atoms with Crippen LogP contribution in [0.15, 0.2) is 88.6 Å². The standard InChI is InChI=1S/C31H35N3O3S/c1-22-9-13-24(14-10-22)27-18-28(33-21-32-27)34(20-25-8-7-17-36-25)19-23-11-15-26(16-12-23)38-31(5,6)29(35)37-30(2,3)4/h7-18,21H,19-20H2,1-6H3. The van der Waals surface area contributed by atoms with Crippen LogP contribution in [0.4, 0.5) is 5.82 Å². The fourth-order valence-electron chi connectivity index (χ4n) is 3.83. The maximum absolute atomic E-state index is 12.7. The average Bonchev–Trinajstić information content (AvgIpc) is 3.37. The molecule has 0 N–H and O–H groups in total. The fraction of sp³-hybridized carbons (Fsp3) is 0.323. The van der Waals surface area contributed by atoms with Gasteiger partial charge in [-0.1, -0.05) is 42.0 Å². The molecule has 0 spiro atoms. The van der Waals surface area contributed by atoms with Crippen molar-refractivity contribution in [2.24, 2.45) is 0 Å². The van der Waals surface area contributed by atoms with Crippen molar-refractivity contribution in [2.75, 3.05) is 4.90 Å². The minimum Gasteiger partial charge on any atom is -0.467 e. The lowest BCUT2D eigenvalue weighted by Crippen LogP contribution is -2.36. The van der Waals surface area contributed by atoms with Crippen LogP contribution in [0.3, 0.4) is 0 Å². The predicted molar refractivity (Wildman–Crippen MR) is 153 cm³/mol. The van der Waals surface area contributed by atoms with E-state index < -0.39 is 10.3 Å². The summed E-state index contributed by atoms with van der Waals surface area (Å²) < 4.78 is 10.6. The third-order valence-electron chi connectivity index (χ3n) is 5.81. The number of thioether (sulfide) groups is 1. The number of hydrogen-bond donors (Lipinski definition) is 0. The quantitative estimate of drug-likeness (QED) is 0.165. The van der Waals surface area contributed by atoms with Gasteiger partial charge >= 0.3 is 5.97 Å². The van der Waals surface area contributed by atoms with E-state index in [9.17, 15) is 4.79 Å². The van der Waals surface area contributed by atoms with Gasteiger partial charge in [0.15, 0.2) is 0 Å². The topological polar surface area (TPSA) is 68.5 Å². The number of ether oxygens (including phenoxy) is 1. The van der Waals surface area contributed by atoms with E-state index in [2.05, 4.69) is 70.3 Å². The Hall–Kier alpha value is -3.58. The number of carbonyl (C=O) groups excluding carboxylic acids is 1. The molecule has 4 rings (SSSR count). The van der Waals surface area contributed by atoms with E-state index in [4.69, 9.17) is 9.15 Å². The van der Waals surface area contributed by atoms with Crippen molar-refractivity contribution in [2.45, 2.75) is 69.9 Å². The lowest BCUT2D eigenvalue weighted by Gasteiger charge is -2.28. The highest BCUT2D eigenvalue weighted by molar-refractivity contribution is 8.01. The van der Waals surface area contributed by atoms with Crippen molar-refractivity contribution in [3.63, 3.8) is 0 Å². The summed E-state index contributed by atoms with van der Waals surface area (Å²) >= 11 is 1.50. The van der Waals surface area contributed by atoms with Crippen molar-refractivity contribution in [1.82, 2.24) is 9.97 Å². The summed E-state index contributed by atoms with van der Waals surface area (Å²) in [6, 6.07) is 22.5. The van der Waals surface area contributed by atoms with Gasteiger partial charge in [-0.15, -0.1) is 11.8 Å². The van der Waals surface area contributed by atoms with Crippen LogP contribution in [0.2, 0.25) is 0 Å². The molecule has 7 heteroatoms. The Morgan fingerprint density at radius 2 is 1.66 bits per heavy atom. The summed E-state index contributed by atoms with van der Waals surface area (Å²) in [7, 11) is 0. The Morgan fingerprint density at radius 1 is 0.947 bits per heavy atom. The molecular formula is C31H35N3O3S. The van der Waals surface area contributed by atoms with Crippen molar-refractivity contribution in [3.8, 4) is 11.3 Å². The normalized spacial score (nSPS) is 11.8. The zero-order valence-electron chi connectivity index (χ0n) is 22.9. The number of esters is 1. The lowest BCUT2D eigenvalue weighted by atomic mass is 10.1. The number of furan rings is 1. The highest BCUT2D eigenvalue weighted by Gasteiger charge is 2.33. The molecule has 0 atom stereocenters. The number of hydrogen-bond acceptors (Lipinski definition) is 7. The third-order valence-corrected chi connectivity index (χ3v) is 7.00. The second kappa shape index (κ2) is 11.4. The smallest absolute Gasteiger partial charge is 0.322 e. The van der Waals surface area contributed by atoms with E-state index in [1.165, 1.54) is 17.3 Å². The third kappa shape index (κ3) is 7.48. The average molecular weight is 530 g/mol. The van der Waals surface area contributed by atoms with Gasteiger partial charge in [-0.3, -0.25) is 4.79 Å². The summed E-state index contributed by atoms with van der Waals surface area (Å²) in [6.45, 7) is 12.7. The fourth-order valence-corrected chi connectivity index (χ4v) is 4.82. The van der Waals surface area contributed by atoms with E-state index in [-0.39, 0.29) is 5.97 Å². The molecule has 0 aliphatic heterocycles. The Kier molecular flexibility index (Phi) is 8.26. The number of rotatable bonds is 9. The summed E-state index contributed by atoms with van der Waals surface area (Å²) in [5.74, 6) is 1.44. The highest BCUT2D eigenvalue weighted by atomic mass is 32.2. The zero-order valence-corrected chi connectivity index (χ0v) is 23.7. The van der Waals surface area contributed by atoms with E-state index in [1.807, 2.05) is 52.8 Å². The van der Waals surface area contributed by atoms with Gasteiger partial charge in [0, 0.05) is 23.1 Å². The second-order valence-corrected chi connectivity index (χ2v) is 12.5. The number of nitrogens with zero attached hydrogens (tertiary/aromatic N) is 3. The first-order valence-electron chi connectivity index (χ1n) is 12.7. The van der Waals surface area contributed by atoms with Crippen LogP contribution in [0.1, 0.15) is 51.5 Å². The molecule has 38 heavy (non-hydrogen) atoms. The first-order valence-corrected chi connectivity index (χ1v) is 13.5. The Morgan fingerprint density at radius 3 is 2.29 bits per heavy atom. The molecule has 0 fully saturated rings. The second-order valence-electron chi connectivity index (χ2n) is 10.8. The molecule has 2 heterocycles. The molecule has 0 saturated carbocycles. The minimum absolute atomic E-state index is 0.225. The maximum Gasteiger partial charge on any atom is 0.322 e. The molecule has 198 valence electrons. The van der Waals surface area contributed by atoms with Gasteiger partial charge in [0.2, 0.25) is 0 Å². The minimum atomic E-state index is -0.701. The number of carbonyl (C=O) groups is 1. The summed E-state index contributed by atoms with van der Waals surface area (Å²) in [5.41, 5.74) is 3.73. The monoisotopic (exact) mass is 529 g/mol. The van der Waals surface area contributed by atoms with Crippen LogP contribution >= 0.6 is 11.8 Å². The van der Waals surface area contributed by atoms with Gasteiger partial charge in [0.1, 0.15) is 28.3 Å². The number of aryl methyl sites for hydroxylation is 1. The number of benzene rings is 2. The first-order chi connectivity index (χ1) is 18.0. The van der Waals surface area contributed by atoms with Crippen LogP contribution in [0.25, 0.3) is 11.3 Å². The van der Waals surface area contributed by atoms with Crippen molar-refractivity contribution < 1.29 is 13.9 Å². The van der Waals surface area contributed by atoms with Gasteiger partial charge in [0.05, 0.1) is 18.5 Å². The zero-order chi connectivity index (χ0) is 27.3. The molecule has 0 amide bonds. The van der Waals surface area contributed by atoms with E-state index >= 15 is 0 Å². The number of anilines is 1. The van der Waals surface area contributed by atoms with Crippen molar-refractivity contribution in [3.05, 3.63) is 96.2 Å². The predicted octanol–water partition coefficient (Wildman–Crippen LogP) is 7.46. The van der Waals surface area contributed by atoms with E-state index in [0.29, 0.717) is 13.1 Å². The van der Waals surface area contributed by atoms with Gasteiger partial charge in [-0.2, -0.15) is 0 Å². The Bertz CT molecular complexity index is 1340. The van der Waals surface area contributed by atoms with Crippen LogP contribution in [-0.4, -0.2) is 26.3 Å². The first kappa shape index (κ1) is 27.5. The number of aromatic nitrogens is 2. The molecule has 0 aliphatic rings. The van der Waals surface area contributed by atoms with Crippen LogP contribution in [0, 0.1) is 6.92 Å². The van der Waals surface area contributed by atoms with Gasteiger partial charge in [-0.25, -0.2) is 9.97 Å². The largest absolute Gasteiger partial charge is 0.467 e. The van der Waals surface area contributed by atoms with E-state index in [0.717, 1.165) is 33.3 Å². The van der Waals surface area contributed by atoms with Crippen molar-refractivity contribution in [1.29, 1.82) is 0 Å². The molecule has 0 aliphatic carbocycles. The lowest BCUT2D eigenvalue weighted by molar-refractivity contribution is -0.156. The molecule has 0 unspecified atom stereocenters. The van der Waals surface area contributed by atoms with Gasteiger partial charge in [0.25, 0.3) is 0 Å². The maximum atomic E-state index is 12.7. The summed E-state index contributed by atoms with van der Waals surface area (Å²) in [5, 5.41) is 0. The molecule has 0 saturated heterocycles. The van der Waals surface area contributed by atoms with E-state index in [1.54, 1.807) is 12.6 Å². The van der Waals surface area contributed by atoms with Gasteiger partial charge < -0.3 is 14.1 Å². The molecule has 6 nitrogen and oxygen atoms in total. The van der Waals surface area contributed by atoms with Gasteiger partial charge in [-0.05, 0) is 71.4 Å². The molecule has 0 bridgehead atoms. The summed E-state index contributed by atoms with van der Waals surface area (Å²) in [4.78, 5) is 25.0. The SMILES string of the molecule is Cc1ccc(-c2cc(N(Cc3ccc(SC(C)(C)C(=O)OC(C)(C)C)cc3)Cc3ccco3)ncn2)cc1. The molecule has 0 radical (unpaired) electrons.